The fraction of sp³-hybridized carbons (Fsp3) is 0.590. The van der Waals surface area contributed by atoms with E-state index >= 15 is 0 Å². The number of allylic oxidation sites excluding steroid dienone is 6. The van der Waals surface area contributed by atoms with Crippen LogP contribution in [-0.2, 0) is 6.42 Å². The summed E-state index contributed by atoms with van der Waals surface area (Å²) in [6.07, 6.45) is 12.5. The lowest BCUT2D eigenvalue weighted by molar-refractivity contribution is 0.154. The van der Waals surface area contributed by atoms with Crippen molar-refractivity contribution in [3.05, 3.63) is 89.7 Å². The van der Waals surface area contributed by atoms with Crippen LogP contribution in [-0.4, -0.2) is 92.0 Å². The monoisotopic (exact) mass is 633 g/mol. The Bertz CT molecular complexity index is 1150. The third-order valence-electron chi connectivity index (χ3n) is 9.40. The molecular formula is C39H64N5P. The second-order valence-electron chi connectivity index (χ2n) is 13.3. The Morgan fingerprint density at radius 3 is 2.29 bits per heavy atom. The summed E-state index contributed by atoms with van der Waals surface area (Å²) in [5.41, 5.74) is 6.50. The highest BCUT2D eigenvalue weighted by Gasteiger charge is 2.23. The first-order valence-electron chi connectivity index (χ1n) is 17.6. The van der Waals surface area contributed by atoms with E-state index in [0.29, 0.717) is 0 Å². The van der Waals surface area contributed by atoms with Crippen LogP contribution in [0.2, 0.25) is 0 Å². The van der Waals surface area contributed by atoms with E-state index in [1.807, 2.05) is 7.05 Å². The SMILES string of the molecule is C=C(/C=C(\NC)N1CCN(CCC)CC1)c1cccc(CCCC(=C)N2CCN(P(C)C(=C)C/C(=C\CC(C)C)CC)CC2)c1. The van der Waals surface area contributed by atoms with Crippen LogP contribution < -0.4 is 5.32 Å². The molecule has 0 radical (unpaired) electrons. The molecule has 2 fully saturated rings. The Hall–Kier alpha value is -2.33. The molecule has 1 aromatic rings. The van der Waals surface area contributed by atoms with Crippen molar-refractivity contribution in [2.75, 3.05) is 72.6 Å². The van der Waals surface area contributed by atoms with Crippen LogP contribution in [0, 0.1) is 5.92 Å². The zero-order valence-electron chi connectivity index (χ0n) is 29.7. The summed E-state index contributed by atoms with van der Waals surface area (Å²) >= 11 is 0. The minimum atomic E-state index is -0.305. The van der Waals surface area contributed by atoms with Gasteiger partial charge in [-0.05, 0) is 100 Å². The fourth-order valence-corrected chi connectivity index (χ4v) is 7.92. The predicted octanol–water partition coefficient (Wildman–Crippen LogP) is 8.56. The van der Waals surface area contributed by atoms with Gasteiger partial charge in [-0.3, -0.25) is 9.57 Å². The smallest absolute Gasteiger partial charge is 0.102 e. The van der Waals surface area contributed by atoms with E-state index in [4.69, 9.17) is 0 Å². The van der Waals surface area contributed by atoms with Gasteiger partial charge in [0.05, 0.1) is 0 Å². The summed E-state index contributed by atoms with van der Waals surface area (Å²) in [6.45, 7) is 35.0. The van der Waals surface area contributed by atoms with Gasteiger partial charge in [-0.25, -0.2) is 0 Å². The second-order valence-corrected chi connectivity index (χ2v) is 15.6. The summed E-state index contributed by atoms with van der Waals surface area (Å²) in [7, 11) is 1.72. The highest BCUT2D eigenvalue weighted by atomic mass is 31.1. The quantitative estimate of drug-likeness (QED) is 0.0993. The minimum absolute atomic E-state index is 0.305. The van der Waals surface area contributed by atoms with Crippen molar-refractivity contribution in [1.29, 1.82) is 0 Å². The topological polar surface area (TPSA) is 25.0 Å². The Labute approximate surface area is 278 Å². The Morgan fingerprint density at radius 2 is 1.67 bits per heavy atom. The fourth-order valence-electron chi connectivity index (χ4n) is 6.31. The minimum Gasteiger partial charge on any atom is -0.375 e. The van der Waals surface area contributed by atoms with E-state index in [0.717, 1.165) is 96.0 Å². The van der Waals surface area contributed by atoms with Gasteiger partial charge in [0.15, 0.2) is 0 Å². The molecule has 2 heterocycles. The van der Waals surface area contributed by atoms with E-state index in [9.17, 15) is 0 Å². The molecule has 1 atom stereocenters. The van der Waals surface area contributed by atoms with Gasteiger partial charge in [0.1, 0.15) is 5.82 Å². The van der Waals surface area contributed by atoms with Crippen LogP contribution in [0.15, 0.2) is 78.6 Å². The van der Waals surface area contributed by atoms with Gasteiger partial charge in [-0.15, -0.1) is 0 Å². The van der Waals surface area contributed by atoms with Crippen LogP contribution >= 0.6 is 8.07 Å². The van der Waals surface area contributed by atoms with Gasteiger partial charge in [0.2, 0.25) is 0 Å². The van der Waals surface area contributed by atoms with Gasteiger partial charge >= 0.3 is 0 Å². The molecule has 2 saturated heterocycles. The molecule has 5 nitrogen and oxygen atoms in total. The third-order valence-corrected chi connectivity index (χ3v) is 11.7. The second kappa shape index (κ2) is 19.4. The number of hydrogen-bond acceptors (Lipinski definition) is 5. The van der Waals surface area contributed by atoms with E-state index in [2.05, 4.69) is 115 Å². The molecule has 3 rings (SSSR count). The van der Waals surface area contributed by atoms with Gasteiger partial charge < -0.3 is 15.1 Å². The average molecular weight is 634 g/mol. The van der Waals surface area contributed by atoms with Crippen molar-refractivity contribution in [3.8, 4) is 0 Å². The van der Waals surface area contributed by atoms with Crippen molar-refractivity contribution in [1.82, 2.24) is 24.7 Å². The normalized spacial score (nSPS) is 17.9. The van der Waals surface area contributed by atoms with Crippen LogP contribution in [0.1, 0.15) is 77.3 Å². The Kier molecular flexibility index (Phi) is 16.0. The zero-order valence-corrected chi connectivity index (χ0v) is 30.6. The van der Waals surface area contributed by atoms with E-state index in [1.54, 1.807) is 5.57 Å². The first-order chi connectivity index (χ1) is 21.6. The summed E-state index contributed by atoms with van der Waals surface area (Å²) in [5, 5.41) is 4.85. The van der Waals surface area contributed by atoms with Gasteiger partial charge in [0, 0.05) is 65.1 Å². The molecule has 1 unspecified atom stereocenters. The van der Waals surface area contributed by atoms with Crippen LogP contribution in [0.25, 0.3) is 5.57 Å². The summed E-state index contributed by atoms with van der Waals surface area (Å²) in [5.74, 6) is 1.89. The molecule has 45 heavy (non-hydrogen) atoms. The maximum absolute atomic E-state index is 4.53. The number of piperazine rings is 2. The largest absolute Gasteiger partial charge is 0.375 e. The maximum Gasteiger partial charge on any atom is 0.102 e. The van der Waals surface area contributed by atoms with Crippen molar-refractivity contribution in [2.24, 2.45) is 5.92 Å². The lowest BCUT2D eigenvalue weighted by Crippen LogP contribution is -2.47. The molecule has 250 valence electrons. The number of benzene rings is 1. The van der Waals surface area contributed by atoms with Gasteiger partial charge in [-0.2, -0.15) is 0 Å². The lowest BCUT2D eigenvalue weighted by atomic mass is 10.0. The standard InChI is InChI=1S/C39H64N5P/c1-10-20-41-21-23-43(24-22-41)39(40-8)29-33(5)38-17-13-16-37(31-38)15-12-14-34(6)42-25-27-44(28-26-42)45(9)35(7)30-36(11-2)19-18-32(3)4/h13,16-17,19,29,31-32,40H,5-7,10-12,14-15,18,20-28,30H2,1-4,8-9H3/b36-19-,39-29+. The predicted molar refractivity (Wildman–Crippen MR) is 201 cm³/mol. The molecule has 0 saturated carbocycles. The van der Waals surface area contributed by atoms with Gasteiger partial charge in [-0.1, -0.05) is 83.3 Å². The molecular weight excluding hydrogens is 569 g/mol. The molecule has 1 N–H and O–H groups in total. The summed E-state index contributed by atoms with van der Waals surface area (Å²) < 4.78 is 2.68. The van der Waals surface area contributed by atoms with Crippen molar-refractivity contribution in [2.45, 2.75) is 72.6 Å². The first kappa shape index (κ1) is 37.1. The molecule has 0 spiro atoms. The van der Waals surface area contributed by atoms with Crippen molar-refractivity contribution < 1.29 is 0 Å². The molecule has 0 bridgehead atoms. The Morgan fingerprint density at radius 1 is 0.978 bits per heavy atom. The number of hydrogen-bond donors (Lipinski definition) is 1. The maximum atomic E-state index is 4.53. The van der Waals surface area contributed by atoms with Crippen LogP contribution in [0.4, 0.5) is 0 Å². The molecule has 0 aliphatic carbocycles. The zero-order chi connectivity index (χ0) is 32.8. The summed E-state index contributed by atoms with van der Waals surface area (Å²) in [6, 6.07) is 8.95. The summed E-state index contributed by atoms with van der Waals surface area (Å²) in [4.78, 5) is 7.54. The van der Waals surface area contributed by atoms with Gasteiger partial charge in [0.25, 0.3) is 0 Å². The van der Waals surface area contributed by atoms with Crippen LogP contribution in [0.5, 0.6) is 0 Å². The number of rotatable bonds is 18. The van der Waals surface area contributed by atoms with Crippen molar-refractivity contribution >= 4 is 13.6 Å². The van der Waals surface area contributed by atoms with E-state index < -0.39 is 0 Å². The number of nitrogens with one attached hydrogen (secondary N) is 1. The van der Waals surface area contributed by atoms with E-state index in [1.165, 1.54) is 47.3 Å². The molecule has 1 aromatic carbocycles. The third kappa shape index (κ3) is 12.1. The van der Waals surface area contributed by atoms with Crippen molar-refractivity contribution in [3.63, 3.8) is 0 Å². The molecule has 2 aliphatic heterocycles. The Balaban J connectivity index is 1.43. The molecule has 0 amide bonds. The number of aryl methyl sites for hydroxylation is 1. The highest BCUT2D eigenvalue weighted by Crippen LogP contribution is 2.47. The number of nitrogens with zero attached hydrogens (tertiary/aromatic N) is 4. The average Bonchev–Trinajstić information content (AvgIpc) is 3.05. The van der Waals surface area contributed by atoms with E-state index in [-0.39, 0.29) is 8.07 Å². The lowest BCUT2D eigenvalue weighted by Gasteiger charge is -2.40. The van der Waals surface area contributed by atoms with Crippen LogP contribution in [0.3, 0.4) is 0 Å². The first-order valence-corrected chi connectivity index (χ1v) is 19.3. The molecule has 6 heteroatoms. The molecule has 0 aromatic heterocycles. The highest BCUT2D eigenvalue weighted by molar-refractivity contribution is 7.58. The molecule has 2 aliphatic rings.